The fourth-order valence-corrected chi connectivity index (χ4v) is 1.32. The van der Waals surface area contributed by atoms with Crippen molar-refractivity contribution in [2.75, 3.05) is 0 Å². The van der Waals surface area contributed by atoms with Crippen LogP contribution >= 0.6 is 0 Å². The van der Waals surface area contributed by atoms with Gasteiger partial charge in [-0.2, -0.15) is 0 Å². The second-order valence-corrected chi connectivity index (χ2v) is 3.39. The second-order valence-electron chi connectivity index (χ2n) is 3.39. The van der Waals surface area contributed by atoms with E-state index in [9.17, 15) is 4.79 Å². The zero-order valence-corrected chi connectivity index (χ0v) is 7.19. The summed E-state index contributed by atoms with van der Waals surface area (Å²) in [6.07, 6.45) is 0.870. The summed E-state index contributed by atoms with van der Waals surface area (Å²) in [4.78, 5) is 13.5. The van der Waals surface area contributed by atoms with Crippen molar-refractivity contribution in [2.24, 2.45) is 11.0 Å². The van der Waals surface area contributed by atoms with Crippen molar-refractivity contribution in [3.63, 3.8) is 0 Å². The van der Waals surface area contributed by atoms with Crippen LogP contribution in [0.5, 0.6) is 0 Å². The molecule has 2 atom stereocenters. The van der Waals surface area contributed by atoms with Crippen LogP contribution in [0.2, 0.25) is 0 Å². The molecule has 66 valence electrons. The number of nitrogens with one attached hydrogen (secondary N) is 1. The average Bonchev–Trinajstić information content (AvgIpc) is 1.99. The number of carbonyl (C=O) groups is 1. The van der Waals surface area contributed by atoms with Crippen molar-refractivity contribution in [1.29, 1.82) is 0 Å². The molecule has 1 aliphatic rings. The van der Waals surface area contributed by atoms with Gasteiger partial charge in [-0.15, -0.1) is 0 Å². The van der Waals surface area contributed by atoms with Gasteiger partial charge < -0.3 is 5.32 Å². The lowest BCUT2D eigenvalue weighted by Gasteiger charge is -2.34. The number of azide groups is 1. The first-order valence-electron chi connectivity index (χ1n) is 3.99. The lowest BCUT2D eigenvalue weighted by Crippen LogP contribution is -2.61. The molecule has 1 fully saturated rings. The highest BCUT2D eigenvalue weighted by atomic mass is 16.2. The van der Waals surface area contributed by atoms with Crippen LogP contribution < -0.4 is 5.32 Å². The molecule has 0 unspecified atom stereocenters. The Morgan fingerprint density at radius 2 is 2.42 bits per heavy atom. The van der Waals surface area contributed by atoms with Gasteiger partial charge in [0.15, 0.2) is 0 Å². The zero-order chi connectivity index (χ0) is 9.14. The van der Waals surface area contributed by atoms with Crippen LogP contribution in [-0.2, 0) is 4.79 Å². The Bertz CT molecular complexity index is 230. The minimum absolute atomic E-state index is 0.0494. The van der Waals surface area contributed by atoms with Crippen molar-refractivity contribution in [3.05, 3.63) is 10.4 Å². The van der Waals surface area contributed by atoms with Gasteiger partial charge >= 0.3 is 0 Å². The Balaban J connectivity index is 2.48. The van der Waals surface area contributed by atoms with Crippen LogP contribution in [-0.4, -0.2) is 18.0 Å². The van der Waals surface area contributed by atoms with E-state index in [2.05, 4.69) is 29.2 Å². The van der Waals surface area contributed by atoms with Gasteiger partial charge in [0, 0.05) is 11.0 Å². The third kappa shape index (κ3) is 1.68. The van der Waals surface area contributed by atoms with Gasteiger partial charge in [-0.05, 0) is 17.9 Å². The molecule has 1 N–H and O–H groups in total. The largest absolute Gasteiger partial charge is 0.352 e. The maximum absolute atomic E-state index is 10.8. The summed E-state index contributed by atoms with van der Waals surface area (Å²) < 4.78 is 0. The van der Waals surface area contributed by atoms with Crippen LogP contribution in [0, 0.1) is 5.92 Å². The normalized spacial score (nSPS) is 27.4. The molecular weight excluding hydrogens is 156 g/mol. The van der Waals surface area contributed by atoms with Gasteiger partial charge in [-0.25, -0.2) is 0 Å². The van der Waals surface area contributed by atoms with Gasteiger partial charge in [-0.3, -0.25) is 4.79 Å². The highest BCUT2D eigenvalue weighted by molar-refractivity contribution is 5.89. The summed E-state index contributed by atoms with van der Waals surface area (Å²) in [6.45, 7) is 4.13. The van der Waals surface area contributed by atoms with Crippen molar-refractivity contribution in [1.82, 2.24) is 5.32 Å². The molecule has 0 bridgehead atoms. The highest BCUT2D eigenvalue weighted by Gasteiger charge is 2.38. The van der Waals surface area contributed by atoms with Crippen LogP contribution in [0.1, 0.15) is 20.3 Å². The highest BCUT2D eigenvalue weighted by Crippen LogP contribution is 2.18. The topological polar surface area (TPSA) is 77.9 Å². The third-order valence-corrected chi connectivity index (χ3v) is 1.88. The smallest absolute Gasteiger partial charge is 0.231 e. The van der Waals surface area contributed by atoms with Gasteiger partial charge in [0.25, 0.3) is 0 Å². The van der Waals surface area contributed by atoms with E-state index >= 15 is 0 Å². The first-order chi connectivity index (χ1) is 5.65. The van der Waals surface area contributed by atoms with Crippen LogP contribution in [0.4, 0.5) is 0 Å². The predicted molar refractivity (Wildman–Crippen MR) is 44.3 cm³/mol. The Morgan fingerprint density at radius 1 is 1.75 bits per heavy atom. The Kier molecular flexibility index (Phi) is 2.55. The molecule has 1 heterocycles. The zero-order valence-electron chi connectivity index (χ0n) is 7.19. The molecule has 5 nitrogen and oxygen atoms in total. The lowest BCUT2D eigenvalue weighted by atomic mass is 9.91. The van der Waals surface area contributed by atoms with Crippen molar-refractivity contribution in [3.8, 4) is 0 Å². The molecule has 1 amide bonds. The average molecular weight is 168 g/mol. The van der Waals surface area contributed by atoms with Gasteiger partial charge in [-0.1, -0.05) is 19.0 Å². The molecule has 1 aliphatic heterocycles. The third-order valence-electron chi connectivity index (χ3n) is 1.88. The lowest BCUT2D eigenvalue weighted by molar-refractivity contribution is -0.130. The number of rotatable bonds is 3. The molecule has 0 radical (unpaired) electrons. The summed E-state index contributed by atoms with van der Waals surface area (Å²) in [5, 5.41) is 6.12. The van der Waals surface area contributed by atoms with Gasteiger partial charge in [0.05, 0.1) is 0 Å². The van der Waals surface area contributed by atoms with E-state index in [1.54, 1.807) is 0 Å². The molecule has 0 saturated carbocycles. The Hall–Kier alpha value is -1.22. The number of nitrogens with zero attached hydrogens (tertiary/aromatic N) is 3. The van der Waals surface area contributed by atoms with Crippen molar-refractivity contribution < 1.29 is 4.79 Å². The Labute approximate surface area is 70.8 Å². The number of hydrogen-bond donors (Lipinski definition) is 1. The minimum Gasteiger partial charge on any atom is -0.352 e. The SMILES string of the molecule is CC(C)C[C@@H]1NC(=O)[C@H]1N=[N+]=[N-]. The van der Waals surface area contributed by atoms with Gasteiger partial charge in [0.1, 0.15) is 6.04 Å². The summed E-state index contributed by atoms with van der Waals surface area (Å²) in [5.74, 6) is 0.352. The molecule has 1 rings (SSSR count). The molecule has 0 aromatic carbocycles. The molecule has 0 spiro atoms. The first kappa shape index (κ1) is 8.87. The number of amides is 1. The summed E-state index contributed by atoms with van der Waals surface area (Å²) in [5.41, 5.74) is 8.15. The number of hydrogen-bond acceptors (Lipinski definition) is 2. The molecule has 5 heteroatoms. The molecule has 0 aromatic heterocycles. The maximum Gasteiger partial charge on any atom is 0.231 e. The number of β-lactam (4-membered cyclic amide) rings is 1. The standard InChI is InChI=1S/C7H12N4O/c1-4(2)3-5-6(10-11-8)7(12)9-5/h4-6H,3H2,1-2H3,(H,9,12)/t5-,6-/m0/s1. The van der Waals surface area contributed by atoms with E-state index < -0.39 is 6.04 Å². The molecular formula is C7H12N4O. The fraction of sp³-hybridized carbons (Fsp3) is 0.857. The second kappa shape index (κ2) is 3.45. The van der Waals surface area contributed by atoms with E-state index in [0.717, 1.165) is 6.42 Å². The Morgan fingerprint density at radius 3 is 2.83 bits per heavy atom. The maximum atomic E-state index is 10.8. The summed E-state index contributed by atoms with van der Waals surface area (Å²) >= 11 is 0. The van der Waals surface area contributed by atoms with Crippen LogP contribution in [0.15, 0.2) is 5.11 Å². The molecule has 0 aliphatic carbocycles. The van der Waals surface area contributed by atoms with E-state index in [-0.39, 0.29) is 11.9 Å². The minimum atomic E-state index is -0.475. The van der Waals surface area contributed by atoms with Gasteiger partial charge in [0.2, 0.25) is 5.91 Å². The van der Waals surface area contributed by atoms with E-state index in [4.69, 9.17) is 5.53 Å². The first-order valence-corrected chi connectivity index (χ1v) is 3.99. The van der Waals surface area contributed by atoms with Crippen molar-refractivity contribution in [2.45, 2.75) is 32.4 Å². The van der Waals surface area contributed by atoms with Crippen molar-refractivity contribution >= 4 is 5.91 Å². The number of carbonyl (C=O) groups excluding carboxylic acids is 1. The summed E-state index contributed by atoms with van der Waals surface area (Å²) in [6, 6.07) is -0.425. The molecule has 0 aromatic rings. The summed E-state index contributed by atoms with van der Waals surface area (Å²) in [7, 11) is 0. The quantitative estimate of drug-likeness (QED) is 0.292. The van der Waals surface area contributed by atoms with E-state index in [0.29, 0.717) is 5.92 Å². The van der Waals surface area contributed by atoms with Crippen LogP contribution in [0.3, 0.4) is 0 Å². The van der Waals surface area contributed by atoms with E-state index in [1.165, 1.54) is 0 Å². The van der Waals surface area contributed by atoms with Crippen LogP contribution in [0.25, 0.3) is 10.4 Å². The van der Waals surface area contributed by atoms with E-state index in [1.807, 2.05) is 0 Å². The predicted octanol–water partition coefficient (Wildman–Crippen LogP) is 1.21. The fourth-order valence-electron chi connectivity index (χ4n) is 1.32. The molecule has 12 heavy (non-hydrogen) atoms. The molecule has 1 saturated heterocycles. The monoisotopic (exact) mass is 168 g/mol.